The summed E-state index contributed by atoms with van der Waals surface area (Å²) in [5, 5.41) is 12.8. The fourth-order valence-electron chi connectivity index (χ4n) is 4.63. The molecule has 0 spiro atoms. The van der Waals surface area contributed by atoms with Crippen LogP contribution in [0.2, 0.25) is 0 Å². The lowest BCUT2D eigenvalue weighted by molar-refractivity contribution is -0.113. The Bertz CT molecular complexity index is 1180. The molecule has 0 radical (unpaired) electrons. The Morgan fingerprint density at radius 1 is 0.971 bits per heavy atom. The molecule has 2 aromatic carbocycles. The first kappa shape index (κ1) is 23.7. The van der Waals surface area contributed by atoms with Crippen molar-refractivity contribution in [2.75, 3.05) is 60.3 Å². The van der Waals surface area contributed by atoms with Crippen molar-refractivity contribution < 1.29 is 9.53 Å². The summed E-state index contributed by atoms with van der Waals surface area (Å²) in [6, 6.07) is 14.5. The fraction of sp³-hybridized carbons (Fsp3) is 0.423. The smallest absolute Gasteiger partial charge is 0.234 e. The van der Waals surface area contributed by atoms with Gasteiger partial charge < -0.3 is 19.9 Å². The highest BCUT2D eigenvalue weighted by Crippen LogP contribution is 2.30. The minimum atomic E-state index is -0.0562. The minimum absolute atomic E-state index is 0.0562. The lowest BCUT2D eigenvalue weighted by Crippen LogP contribution is -2.38. The summed E-state index contributed by atoms with van der Waals surface area (Å²) in [5.74, 6) is 0.985. The van der Waals surface area contributed by atoms with Gasteiger partial charge in [0.2, 0.25) is 11.9 Å². The third-order valence-electron chi connectivity index (χ3n) is 6.55. The molecule has 0 bridgehead atoms. The fourth-order valence-corrected chi connectivity index (χ4v) is 5.37. The van der Waals surface area contributed by atoms with E-state index < -0.39 is 0 Å². The Hall–Kier alpha value is -3.04. The lowest BCUT2D eigenvalue weighted by atomic mass is 10.1. The van der Waals surface area contributed by atoms with E-state index in [9.17, 15) is 4.79 Å². The number of hydrogen-bond donors (Lipinski definition) is 1. The largest absolute Gasteiger partial charge is 0.378 e. The average Bonchev–Trinajstić information content (AvgIpc) is 3.55. The number of benzene rings is 2. The minimum Gasteiger partial charge on any atom is -0.378 e. The van der Waals surface area contributed by atoms with Gasteiger partial charge in [-0.1, -0.05) is 30.0 Å². The Morgan fingerprint density at radius 3 is 2.49 bits per heavy atom. The zero-order valence-electron chi connectivity index (χ0n) is 20.4. The zero-order valence-corrected chi connectivity index (χ0v) is 21.2. The normalized spacial score (nSPS) is 16.1. The number of carbonyl (C=O) groups is 1. The number of nitrogens with one attached hydrogen (secondary N) is 1. The first-order chi connectivity index (χ1) is 17.1. The molecule has 3 aromatic rings. The molecule has 2 fully saturated rings. The third-order valence-corrected chi connectivity index (χ3v) is 7.48. The standard InChI is InChI=1S/C26H32N6O2S/c1-19-7-3-4-8-23(19)32-25(31-13-15-34-16-14-31)28-29-26(32)35-18-24(33)27-22-10-9-21(17-20(22)2)30-11-5-6-12-30/h3-4,7-10,17H,5-6,11-16,18H2,1-2H3,(H,27,33). The molecule has 1 amide bonds. The average molecular weight is 493 g/mol. The maximum atomic E-state index is 12.9. The van der Waals surface area contributed by atoms with Crippen molar-refractivity contribution in [1.29, 1.82) is 0 Å². The van der Waals surface area contributed by atoms with Gasteiger partial charge in [-0.25, -0.2) is 0 Å². The highest BCUT2D eigenvalue weighted by Gasteiger charge is 2.23. The highest BCUT2D eigenvalue weighted by atomic mass is 32.2. The number of ether oxygens (including phenoxy) is 1. The molecule has 0 saturated carbocycles. The SMILES string of the molecule is Cc1cc(N2CCCC2)ccc1NC(=O)CSc1nnc(N2CCOCC2)n1-c1ccccc1C. The predicted molar refractivity (Wildman–Crippen MR) is 141 cm³/mol. The van der Waals surface area contributed by atoms with E-state index in [2.05, 4.69) is 61.1 Å². The molecule has 1 aromatic heterocycles. The summed E-state index contributed by atoms with van der Waals surface area (Å²) in [4.78, 5) is 17.5. The molecular formula is C26H32N6O2S. The molecule has 0 unspecified atom stereocenters. The first-order valence-corrected chi connectivity index (χ1v) is 13.2. The molecule has 0 aliphatic carbocycles. The van der Waals surface area contributed by atoms with Gasteiger partial charge in [0, 0.05) is 37.6 Å². The van der Waals surface area contributed by atoms with E-state index in [1.165, 1.54) is 30.3 Å². The van der Waals surface area contributed by atoms with Crippen LogP contribution in [0.4, 0.5) is 17.3 Å². The van der Waals surface area contributed by atoms with Crippen LogP contribution in [0.1, 0.15) is 24.0 Å². The first-order valence-electron chi connectivity index (χ1n) is 12.2. The number of thioether (sulfide) groups is 1. The number of anilines is 3. The van der Waals surface area contributed by atoms with Gasteiger partial charge in [-0.15, -0.1) is 10.2 Å². The number of morpholine rings is 1. The number of aromatic nitrogens is 3. The quantitative estimate of drug-likeness (QED) is 0.499. The van der Waals surface area contributed by atoms with E-state index in [4.69, 9.17) is 4.74 Å². The molecule has 184 valence electrons. The van der Waals surface area contributed by atoms with Gasteiger partial charge in [0.25, 0.3) is 0 Å². The summed E-state index contributed by atoms with van der Waals surface area (Å²) in [6.45, 7) is 9.21. The van der Waals surface area contributed by atoms with Crippen molar-refractivity contribution in [3.63, 3.8) is 0 Å². The molecule has 1 N–H and O–H groups in total. The molecule has 2 aliphatic rings. The van der Waals surface area contributed by atoms with Gasteiger partial charge in [-0.3, -0.25) is 9.36 Å². The molecular weight excluding hydrogens is 460 g/mol. The maximum Gasteiger partial charge on any atom is 0.234 e. The highest BCUT2D eigenvalue weighted by molar-refractivity contribution is 7.99. The van der Waals surface area contributed by atoms with Crippen molar-refractivity contribution in [1.82, 2.24) is 14.8 Å². The second-order valence-electron chi connectivity index (χ2n) is 9.03. The molecule has 5 rings (SSSR count). The molecule has 0 atom stereocenters. The van der Waals surface area contributed by atoms with Crippen molar-refractivity contribution in [2.24, 2.45) is 0 Å². The summed E-state index contributed by atoms with van der Waals surface area (Å²) in [6.07, 6.45) is 2.49. The third kappa shape index (κ3) is 5.31. The molecule has 35 heavy (non-hydrogen) atoms. The van der Waals surface area contributed by atoms with Gasteiger partial charge in [0.1, 0.15) is 0 Å². The molecule has 3 heterocycles. The van der Waals surface area contributed by atoms with Crippen LogP contribution >= 0.6 is 11.8 Å². The van der Waals surface area contributed by atoms with E-state index >= 15 is 0 Å². The van der Waals surface area contributed by atoms with Crippen LogP contribution in [-0.4, -0.2) is 65.8 Å². The van der Waals surface area contributed by atoms with Crippen LogP contribution in [0.5, 0.6) is 0 Å². The Labute approximate surface area is 210 Å². The van der Waals surface area contributed by atoms with Crippen LogP contribution in [0.25, 0.3) is 5.69 Å². The summed E-state index contributed by atoms with van der Waals surface area (Å²) < 4.78 is 7.58. The summed E-state index contributed by atoms with van der Waals surface area (Å²) >= 11 is 1.40. The van der Waals surface area contributed by atoms with Crippen molar-refractivity contribution in [2.45, 2.75) is 31.8 Å². The number of aryl methyl sites for hydroxylation is 2. The van der Waals surface area contributed by atoms with Crippen LogP contribution in [0, 0.1) is 13.8 Å². The van der Waals surface area contributed by atoms with Crippen molar-refractivity contribution in [3.8, 4) is 5.69 Å². The van der Waals surface area contributed by atoms with Gasteiger partial charge in [-0.05, 0) is 62.1 Å². The number of rotatable bonds is 7. The van der Waals surface area contributed by atoms with Gasteiger partial charge in [0.05, 0.1) is 24.7 Å². The summed E-state index contributed by atoms with van der Waals surface area (Å²) in [5.41, 5.74) is 5.31. The number of hydrogen-bond acceptors (Lipinski definition) is 7. The number of carbonyl (C=O) groups excluding carboxylic acids is 1. The Balaban J connectivity index is 1.31. The van der Waals surface area contributed by atoms with E-state index in [1.54, 1.807) is 0 Å². The van der Waals surface area contributed by atoms with Crippen LogP contribution in [0.3, 0.4) is 0 Å². The molecule has 8 nitrogen and oxygen atoms in total. The Kier molecular flexibility index (Phi) is 7.24. The lowest BCUT2D eigenvalue weighted by Gasteiger charge is -2.28. The zero-order chi connectivity index (χ0) is 24.2. The van der Waals surface area contributed by atoms with Crippen molar-refractivity contribution in [3.05, 3.63) is 53.6 Å². The van der Waals surface area contributed by atoms with Crippen LogP contribution < -0.4 is 15.1 Å². The van der Waals surface area contributed by atoms with E-state index in [0.29, 0.717) is 18.4 Å². The van der Waals surface area contributed by atoms with Gasteiger partial charge in [0.15, 0.2) is 5.16 Å². The van der Waals surface area contributed by atoms with Crippen molar-refractivity contribution >= 4 is 35.0 Å². The van der Waals surface area contributed by atoms with E-state index in [0.717, 1.165) is 54.6 Å². The number of amides is 1. The predicted octanol–water partition coefficient (Wildman–Crippen LogP) is 4.05. The summed E-state index contributed by atoms with van der Waals surface area (Å²) in [7, 11) is 0. The second kappa shape index (κ2) is 10.7. The topological polar surface area (TPSA) is 75.5 Å². The van der Waals surface area contributed by atoms with Crippen LogP contribution in [-0.2, 0) is 9.53 Å². The van der Waals surface area contributed by atoms with Crippen LogP contribution in [0.15, 0.2) is 47.6 Å². The second-order valence-corrected chi connectivity index (χ2v) is 9.98. The van der Waals surface area contributed by atoms with Gasteiger partial charge >= 0.3 is 0 Å². The van der Waals surface area contributed by atoms with E-state index in [-0.39, 0.29) is 11.7 Å². The molecule has 2 saturated heterocycles. The molecule has 2 aliphatic heterocycles. The van der Waals surface area contributed by atoms with Gasteiger partial charge in [-0.2, -0.15) is 0 Å². The maximum absolute atomic E-state index is 12.9. The number of nitrogens with zero attached hydrogens (tertiary/aromatic N) is 5. The molecule has 9 heteroatoms. The monoisotopic (exact) mass is 492 g/mol. The van der Waals surface area contributed by atoms with E-state index in [1.807, 2.05) is 25.1 Å². The Morgan fingerprint density at radius 2 is 1.74 bits per heavy atom. The number of para-hydroxylation sites is 1.